The number of hydrogen-bond acceptors (Lipinski definition) is 2. The Hall–Kier alpha value is -0.700. The third-order valence-electron chi connectivity index (χ3n) is 3.04. The average molecular weight is 315 g/mol. The number of methoxy groups -OCH3 is 1. The van der Waals surface area contributed by atoms with Gasteiger partial charge in [0.2, 0.25) is 0 Å². The van der Waals surface area contributed by atoms with Gasteiger partial charge in [-0.2, -0.15) is 0 Å². The molecule has 2 rings (SSSR count). The van der Waals surface area contributed by atoms with Crippen LogP contribution in [0.3, 0.4) is 0 Å². The van der Waals surface area contributed by atoms with Crippen LogP contribution in [0.15, 0.2) is 36.4 Å². The van der Waals surface area contributed by atoms with Gasteiger partial charge in [0.05, 0.1) is 11.4 Å². The van der Waals surface area contributed by atoms with E-state index in [0.29, 0.717) is 11.8 Å². The largest absolute Gasteiger partial charge is 0.496 e. The highest BCUT2D eigenvalue weighted by Gasteiger charge is 2.13. The Morgan fingerprint density at radius 3 is 2.58 bits per heavy atom. The smallest absolute Gasteiger partial charge is 0.122 e. The molecular formula is C15H16Cl2OS. The van der Waals surface area contributed by atoms with E-state index in [1.54, 1.807) is 18.4 Å². The van der Waals surface area contributed by atoms with Crippen molar-refractivity contribution in [1.82, 2.24) is 0 Å². The fraction of sp³-hybridized carbons (Fsp3) is 0.333. The predicted molar refractivity (Wildman–Crippen MR) is 83.9 cm³/mol. The number of ether oxygens (including phenoxy) is 1. The minimum atomic E-state index is 0.396. The Kier molecular flexibility index (Phi) is 5.56. The van der Waals surface area contributed by atoms with Crippen molar-refractivity contribution in [1.29, 1.82) is 0 Å². The number of thiophene rings is 1. The molecule has 0 spiro atoms. The van der Waals surface area contributed by atoms with E-state index in [0.717, 1.165) is 22.9 Å². The summed E-state index contributed by atoms with van der Waals surface area (Å²) in [5.74, 6) is 1.96. The first-order valence-electron chi connectivity index (χ1n) is 6.15. The molecule has 0 aliphatic rings. The molecule has 0 fully saturated rings. The Labute approximate surface area is 128 Å². The van der Waals surface area contributed by atoms with Gasteiger partial charge in [0.25, 0.3) is 0 Å². The Bertz CT molecular complexity index is 524. The number of hydrogen-bond donors (Lipinski definition) is 0. The fourth-order valence-corrected chi connectivity index (χ4v) is 3.53. The molecule has 0 radical (unpaired) electrons. The molecule has 2 aromatic rings. The van der Waals surface area contributed by atoms with Crippen LogP contribution in [0, 0.1) is 5.92 Å². The molecule has 1 heterocycles. The number of benzene rings is 1. The van der Waals surface area contributed by atoms with Crippen molar-refractivity contribution in [2.75, 3.05) is 13.0 Å². The normalized spacial score (nSPS) is 12.4. The molecule has 0 saturated heterocycles. The van der Waals surface area contributed by atoms with Gasteiger partial charge < -0.3 is 4.74 Å². The van der Waals surface area contributed by atoms with E-state index < -0.39 is 0 Å². The molecule has 0 aliphatic carbocycles. The Balaban J connectivity index is 2.06. The lowest BCUT2D eigenvalue weighted by atomic mass is 9.96. The molecular weight excluding hydrogens is 299 g/mol. The summed E-state index contributed by atoms with van der Waals surface area (Å²) in [6, 6.07) is 12.1. The minimum Gasteiger partial charge on any atom is -0.496 e. The maximum absolute atomic E-state index is 6.10. The Morgan fingerprint density at radius 2 is 1.95 bits per heavy atom. The molecule has 19 heavy (non-hydrogen) atoms. The van der Waals surface area contributed by atoms with Crippen LogP contribution in [0.5, 0.6) is 5.75 Å². The van der Waals surface area contributed by atoms with Crippen LogP contribution in [-0.4, -0.2) is 13.0 Å². The van der Waals surface area contributed by atoms with Crippen molar-refractivity contribution in [3.8, 4) is 5.75 Å². The van der Waals surface area contributed by atoms with Gasteiger partial charge >= 0.3 is 0 Å². The second-order valence-electron chi connectivity index (χ2n) is 4.45. The van der Waals surface area contributed by atoms with Gasteiger partial charge in [0.1, 0.15) is 5.75 Å². The maximum atomic E-state index is 6.10. The average Bonchev–Trinajstić information content (AvgIpc) is 2.84. The molecule has 0 N–H and O–H groups in total. The standard InChI is InChI=1S/C15H16Cl2OS/c1-18-14-5-3-2-4-12(14)8-11(10-16)9-13-6-7-15(17)19-13/h2-7,11H,8-10H2,1H3. The second kappa shape index (κ2) is 7.18. The quantitative estimate of drug-likeness (QED) is 0.678. The zero-order chi connectivity index (χ0) is 13.7. The van der Waals surface area contributed by atoms with Crippen LogP contribution in [-0.2, 0) is 12.8 Å². The molecule has 0 aliphatic heterocycles. The van der Waals surface area contributed by atoms with E-state index >= 15 is 0 Å². The molecule has 1 nitrogen and oxygen atoms in total. The summed E-state index contributed by atoms with van der Waals surface area (Å²) in [5.41, 5.74) is 1.21. The topological polar surface area (TPSA) is 9.23 Å². The molecule has 1 atom stereocenters. The first-order valence-corrected chi connectivity index (χ1v) is 7.88. The summed E-state index contributed by atoms with van der Waals surface area (Å²) in [5, 5.41) is 0. The van der Waals surface area contributed by atoms with Crippen LogP contribution in [0.25, 0.3) is 0 Å². The van der Waals surface area contributed by atoms with Crippen LogP contribution < -0.4 is 4.74 Å². The molecule has 102 valence electrons. The second-order valence-corrected chi connectivity index (χ2v) is 6.55. The van der Waals surface area contributed by atoms with Gasteiger partial charge in [-0.3, -0.25) is 0 Å². The van der Waals surface area contributed by atoms with E-state index in [2.05, 4.69) is 12.1 Å². The van der Waals surface area contributed by atoms with Crippen molar-refractivity contribution >= 4 is 34.5 Å². The SMILES string of the molecule is COc1ccccc1CC(CCl)Cc1ccc(Cl)s1. The van der Waals surface area contributed by atoms with Crippen molar-refractivity contribution in [2.45, 2.75) is 12.8 Å². The molecule has 1 aromatic heterocycles. The first-order chi connectivity index (χ1) is 9.22. The van der Waals surface area contributed by atoms with Crippen molar-refractivity contribution in [3.63, 3.8) is 0 Å². The van der Waals surface area contributed by atoms with Gasteiger partial charge in [-0.05, 0) is 42.5 Å². The van der Waals surface area contributed by atoms with Crippen LogP contribution in [0.2, 0.25) is 4.34 Å². The summed E-state index contributed by atoms with van der Waals surface area (Å²) >= 11 is 13.7. The number of rotatable bonds is 6. The number of para-hydroxylation sites is 1. The van der Waals surface area contributed by atoms with Crippen LogP contribution in [0.4, 0.5) is 0 Å². The molecule has 1 aromatic carbocycles. The number of alkyl halides is 1. The van der Waals surface area contributed by atoms with Crippen molar-refractivity contribution in [2.24, 2.45) is 5.92 Å². The van der Waals surface area contributed by atoms with Crippen molar-refractivity contribution < 1.29 is 4.74 Å². The van der Waals surface area contributed by atoms with Gasteiger partial charge in [0.15, 0.2) is 0 Å². The molecule has 1 unspecified atom stereocenters. The van der Waals surface area contributed by atoms with E-state index in [9.17, 15) is 0 Å². The number of halogens is 2. The zero-order valence-corrected chi connectivity index (χ0v) is 13.1. The third kappa shape index (κ3) is 4.13. The lowest BCUT2D eigenvalue weighted by Crippen LogP contribution is -2.10. The highest BCUT2D eigenvalue weighted by atomic mass is 35.5. The molecule has 0 saturated carbocycles. The lowest BCUT2D eigenvalue weighted by Gasteiger charge is -2.15. The summed E-state index contributed by atoms with van der Waals surface area (Å²) in [6.45, 7) is 0. The van der Waals surface area contributed by atoms with Gasteiger partial charge in [-0.1, -0.05) is 29.8 Å². The highest BCUT2D eigenvalue weighted by molar-refractivity contribution is 7.16. The van der Waals surface area contributed by atoms with E-state index in [1.165, 1.54) is 10.4 Å². The summed E-state index contributed by atoms with van der Waals surface area (Å²) in [7, 11) is 1.70. The Morgan fingerprint density at radius 1 is 1.16 bits per heavy atom. The van der Waals surface area contributed by atoms with E-state index in [1.807, 2.05) is 24.3 Å². The summed E-state index contributed by atoms with van der Waals surface area (Å²) in [6.07, 6.45) is 1.88. The lowest BCUT2D eigenvalue weighted by molar-refractivity contribution is 0.405. The monoisotopic (exact) mass is 314 g/mol. The van der Waals surface area contributed by atoms with Crippen LogP contribution in [0.1, 0.15) is 10.4 Å². The van der Waals surface area contributed by atoms with Crippen LogP contribution >= 0.6 is 34.5 Å². The minimum absolute atomic E-state index is 0.396. The fourth-order valence-electron chi connectivity index (χ4n) is 2.11. The highest BCUT2D eigenvalue weighted by Crippen LogP contribution is 2.27. The third-order valence-corrected chi connectivity index (χ3v) is 4.73. The van der Waals surface area contributed by atoms with Crippen molar-refractivity contribution in [3.05, 3.63) is 51.2 Å². The van der Waals surface area contributed by atoms with E-state index in [4.69, 9.17) is 27.9 Å². The van der Waals surface area contributed by atoms with Gasteiger partial charge in [-0.15, -0.1) is 22.9 Å². The zero-order valence-electron chi connectivity index (χ0n) is 10.7. The van der Waals surface area contributed by atoms with E-state index in [-0.39, 0.29) is 0 Å². The van der Waals surface area contributed by atoms with Gasteiger partial charge in [0, 0.05) is 10.8 Å². The summed E-state index contributed by atoms with van der Waals surface area (Å²) < 4.78 is 6.22. The molecule has 0 amide bonds. The molecule has 0 bridgehead atoms. The predicted octanol–water partition coefficient (Wildman–Crippen LogP) is 5.05. The maximum Gasteiger partial charge on any atom is 0.122 e. The first kappa shape index (κ1) is 14.7. The summed E-state index contributed by atoms with van der Waals surface area (Å²) in [4.78, 5) is 1.28. The van der Waals surface area contributed by atoms with Gasteiger partial charge in [-0.25, -0.2) is 0 Å². The molecule has 4 heteroatoms.